The first-order valence-corrected chi connectivity index (χ1v) is 46.3. The number of ether oxygens (including phenoxy) is 6. The standard InChI is InChI=1S/C23H22ClF3N2O7S.C23H23ClF2N2O7S.C19H19ClF2N2O5S.C18H17ClF2N2O5S/c1-12(30)35-16-4-5-17(36-13(2)31)11-29(10-16)37(33,34)21-7-14(3-6-19(21)25)23(32)28-15-8-18(24)22(27)20(26)9-15;1-13(29)34-17-5-6-18(35-14(2)30)12-28(11-17)36(32,33)22-9-15(3-7-21(22)26)23(31)27-16-4-8-20(25)19(24)10-16;1-11-2-3-12(19(26)23-13-7-15(20)18(22)16(21)8-13)6-17(11)30(27,28)24-4-5-29-10-14(25)9-24;19-14-8-12(2-4-15(14)20)22-18(25)11-1-3-16(21)17(7-11)29(26,27)23-5-6-28-10-13(24)9-23/h3,6-9,16-17H,4-5,10-11H2,1-2H3,(H,28,32);3-4,7-10,17-18H,5-6,11-12H2,1-2H3,(H,27,31);2-3,6-8,14,25H,4-5,9-10H2,1H3,(H,23,26);1-4,7-8,13,24H,5-6,9-10H2,(H,22,25)/t16-,17+;17-,18+;;13-/m...1/s1. The summed E-state index contributed by atoms with van der Waals surface area (Å²) in [4.78, 5) is 93.7. The van der Waals surface area contributed by atoms with Crippen molar-refractivity contribution in [3.8, 4) is 0 Å². The van der Waals surface area contributed by atoms with Crippen LogP contribution in [0.1, 0.15) is 100 Å². The van der Waals surface area contributed by atoms with Gasteiger partial charge in [0.15, 0.2) is 23.3 Å². The lowest BCUT2D eigenvalue weighted by Gasteiger charge is -2.25. The number of aliphatic hydroxyl groups excluding tert-OH is 2. The van der Waals surface area contributed by atoms with E-state index in [1.165, 1.54) is 50.2 Å². The Morgan fingerprint density at radius 3 is 0.902 bits per heavy atom. The second-order valence-corrected chi connectivity index (χ2v) is 38.7. The Balaban J connectivity index is 0.000000199. The molecule has 32 nitrogen and oxygen atoms in total. The maximum Gasteiger partial charge on any atom is 0.302 e. The van der Waals surface area contributed by atoms with Crippen molar-refractivity contribution in [3.63, 3.8) is 0 Å². The van der Waals surface area contributed by atoms with E-state index in [4.69, 9.17) is 74.8 Å². The molecule has 0 saturated carbocycles. The Morgan fingerprint density at radius 1 is 0.341 bits per heavy atom. The zero-order valence-electron chi connectivity index (χ0n) is 69.7. The fourth-order valence-corrected chi connectivity index (χ4v) is 20.4. The van der Waals surface area contributed by atoms with Gasteiger partial charge < -0.3 is 59.9 Å². The zero-order chi connectivity index (χ0) is 97.3. The highest BCUT2D eigenvalue weighted by atomic mass is 35.5. The summed E-state index contributed by atoms with van der Waals surface area (Å²) in [5.41, 5.74) is -0.220. The van der Waals surface area contributed by atoms with Gasteiger partial charge in [0.05, 0.1) is 89.8 Å². The van der Waals surface area contributed by atoms with E-state index in [9.17, 15) is 122 Å². The molecule has 1 unspecified atom stereocenters. The number of rotatable bonds is 20. The molecule has 12 rings (SSSR count). The van der Waals surface area contributed by atoms with Gasteiger partial charge in [0.2, 0.25) is 40.1 Å². The van der Waals surface area contributed by atoms with Crippen molar-refractivity contribution >= 4 is 157 Å². The lowest BCUT2D eigenvalue weighted by Crippen LogP contribution is -2.41. The molecule has 8 aromatic rings. The molecule has 4 aliphatic rings. The molecular formula is C83H81Cl4F9N8O24S4. The van der Waals surface area contributed by atoms with Gasteiger partial charge in [-0.2, -0.15) is 17.2 Å². The SMILES string of the molecule is CC(=O)O[C@@H]1CC[C@H](OC(C)=O)CN(S(=O)(=O)c2cc(C(=O)Nc3cc(F)c(F)c(Cl)c3)ccc2F)C1.CC(=O)O[C@@H]1CC[C@H](OC(C)=O)CN(S(=O)(=O)c2cc(C(=O)Nc3ccc(F)c(Cl)c3)ccc2F)C1.Cc1ccc(C(=O)Nc2cc(F)c(F)c(Cl)c2)cc1S(=O)(=O)N1CCOCC(O)C1.O=C(Nc1ccc(F)c(Cl)c1)c1ccc(F)c(S(=O)(=O)N2CCOC[C@H](O)C2)c1. The van der Waals surface area contributed by atoms with Gasteiger partial charge in [-0.3, -0.25) is 38.4 Å². The van der Waals surface area contributed by atoms with E-state index in [2.05, 4.69) is 21.3 Å². The number of aliphatic hydroxyl groups is 2. The third kappa shape index (κ3) is 28.3. The molecule has 0 bridgehead atoms. The summed E-state index contributed by atoms with van der Waals surface area (Å²) in [7, 11) is -17.5. The smallest absolute Gasteiger partial charge is 0.302 e. The third-order valence-corrected chi connectivity index (χ3v) is 28.1. The average molecular weight is 2020 g/mol. The topological polar surface area (TPSA) is 430 Å². The number of amides is 4. The lowest BCUT2D eigenvalue weighted by molar-refractivity contribution is -0.148. The summed E-state index contributed by atoms with van der Waals surface area (Å²) in [6.07, 6.45) is -4.69. The predicted molar refractivity (Wildman–Crippen MR) is 457 cm³/mol. The van der Waals surface area contributed by atoms with Gasteiger partial charge in [0.1, 0.15) is 68.2 Å². The molecule has 0 radical (unpaired) electrons. The van der Waals surface area contributed by atoms with Gasteiger partial charge in [-0.05, 0) is 153 Å². The lowest BCUT2D eigenvalue weighted by atomic mass is 10.1. The van der Waals surface area contributed by atoms with Crippen molar-refractivity contribution in [2.24, 2.45) is 0 Å². The molecular weight excluding hydrogens is 1930 g/mol. The molecule has 4 saturated heterocycles. The number of sulfonamides is 4. The fourth-order valence-electron chi connectivity index (χ4n) is 13.2. The summed E-state index contributed by atoms with van der Waals surface area (Å²) in [6, 6.07) is 22.7. The van der Waals surface area contributed by atoms with E-state index < -0.39 is 201 Å². The van der Waals surface area contributed by atoms with Gasteiger partial charge >= 0.3 is 23.9 Å². The van der Waals surface area contributed by atoms with E-state index in [0.717, 1.165) is 122 Å². The van der Waals surface area contributed by atoms with Crippen LogP contribution < -0.4 is 21.3 Å². The normalized spacial score (nSPS) is 18.4. The van der Waals surface area contributed by atoms with Crippen molar-refractivity contribution in [2.75, 3.05) is 100 Å². The quantitative estimate of drug-likeness (QED) is 0.0179. The van der Waals surface area contributed by atoms with E-state index in [1.54, 1.807) is 6.92 Å². The Kier molecular flexibility index (Phi) is 36.7. The maximum atomic E-state index is 14.8. The molecule has 49 heteroatoms. The van der Waals surface area contributed by atoms with Crippen molar-refractivity contribution in [1.82, 2.24) is 17.2 Å². The minimum absolute atomic E-state index is 0.00773. The van der Waals surface area contributed by atoms with Crippen LogP contribution in [0.3, 0.4) is 0 Å². The second kappa shape index (κ2) is 46.0. The number of carbonyl (C=O) groups excluding carboxylic acids is 8. The molecule has 4 heterocycles. The molecule has 712 valence electrons. The summed E-state index contributed by atoms with van der Waals surface area (Å²) in [5.74, 6) is -15.6. The first-order valence-electron chi connectivity index (χ1n) is 39.1. The van der Waals surface area contributed by atoms with Crippen LogP contribution in [0.2, 0.25) is 20.1 Å². The highest BCUT2D eigenvalue weighted by Gasteiger charge is 2.41. The molecule has 132 heavy (non-hydrogen) atoms. The van der Waals surface area contributed by atoms with Gasteiger partial charge in [0, 0.05) is 111 Å². The number of anilines is 4. The Morgan fingerprint density at radius 2 is 0.606 bits per heavy atom. The molecule has 0 aliphatic carbocycles. The maximum absolute atomic E-state index is 14.8. The molecule has 6 atom stereocenters. The van der Waals surface area contributed by atoms with E-state index in [1.807, 2.05) is 0 Å². The number of β-amino-alcohol motifs (C(OH)–C–C–N with tert-alkyl or cyclic N) is 2. The predicted octanol–water partition coefficient (Wildman–Crippen LogP) is 12.0. The van der Waals surface area contributed by atoms with Crippen LogP contribution >= 0.6 is 46.4 Å². The summed E-state index contributed by atoms with van der Waals surface area (Å²) in [6.45, 7) is 4.70. The van der Waals surface area contributed by atoms with Crippen LogP contribution in [-0.4, -0.2) is 224 Å². The minimum Gasteiger partial charge on any atom is -0.461 e. The van der Waals surface area contributed by atoms with Crippen molar-refractivity contribution < 1.29 is 150 Å². The number of nitrogens with one attached hydrogen (secondary N) is 4. The van der Waals surface area contributed by atoms with E-state index in [-0.39, 0.29) is 164 Å². The molecule has 8 aromatic carbocycles. The van der Waals surface area contributed by atoms with Gasteiger partial charge in [-0.15, -0.1) is 0 Å². The van der Waals surface area contributed by atoms with Crippen LogP contribution in [0.25, 0.3) is 0 Å². The van der Waals surface area contributed by atoms with E-state index >= 15 is 0 Å². The molecule has 0 spiro atoms. The third-order valence-electron chi connectivity index (χ3n) is 19.3. The molecule has 4 aliphatic heterocycles. The van der Waals surface area contributed by atoms with Crippen LogP contribution in [0, 0.1) is 59.3 Å². The number of aryl methyl sites for hydroxylation is 1. The average Bonchev–Trinajstić information content (AvgIpc) is 1.27. The fraction of sp³-hybridized carbons (Fsp3) is 0.325. The number of esters is 4. The van der Waals surface area contributed by atoms with Crippen LogP contribution in [-0.2, 0) is 87.7 Å². The van der Waals surface area contributed by atoms with Crippen LogP contribution in [0.4, 0.5) is 62.3 Å². The van der Waals surface area contributed by atoms with Crippen molar-refractivity contribution in [3.05, 3.63) is 234 Å². The number of nitrogens with zero attached hydrogens (tertiary/aromatic N) is 4. The first kappa shape index (κ1) is 105. The van der Waals surface area contributed by atoms with E-state index in [0.29, 0.717) is 11.6 Å². The van der Waals surface area contributed by atoms with Gasteiger partial charge in [-0.25, -0.2) is 73.2 Å². The molecule has 6 N–H and O–H groups in total. The number of hydrogen-bond donors (Lipinski definition) is 6. The zero-order valence-corrected chi connectivity index (χ0v) is 76.0. The Bertz CT molecular complexity index is 6110. The molecule has 0 aromatic heterocycles. The van der Waals surface area contributed by atoms with Crippen molar-refractivity contribution in [2.45, 2.75) is 117 Å². The monoisotopic (exact) mass is 2010 g/mol. The number of halogens is 13. The first-order chi connectivity index (χ1) is 61.9. The Hall–Kier alpha value is -10.5. The molecule has 4 amide bonds. The van der Waals surface area contributed by atoms with Crippen LogP contribution in [0.15, 0.2) is 153 Å². The largest absolute Gasteiger partial charge is 0.461 e. The summed E-state index contributed by atoms with van der Waals surface area (Å²) in [5, 5.41) is 27.6. The summed E-state index contributed by atoms with van der Waals surface area (Å²) >= 11 is 22.5. The number of carbonyl (C=O) groups is 8. The number of benzene rings is 8. The number of hydrogen-bond acceptors (Lipinski definition) is 24. The van der Waals surface area contributed by atoms with Gasteiger partial charge in [-0.1, -0.05) is 52.5 Å². The summed E-state index contributed by atoms with van der Waals surface area (Å²) < 4.78 is 265. The van der Waals surface area contributed by atoms with Crippen molar-refractivity contribution in [1.29, 1.82) is 0 Å². The highest BCUT2D eigenvalue weighted by Crippen LogP contribution is 2.34. The highest BCUT2D eigenvalue weighted by molar-refractivity contribution is 7.90. The Labute approximate surface area is 769 Å². The van der Waals surface area contributed by atoms with Crippen LogP contribution in [0.5, 0.6) is 0 Å². The van der Waals surface area contributed by atoms with Gasteiger partial charge in [0.25, 0.3) is 23.6 Å². The second-order valence-electron chi connectivity index (χ2n) is 29.4. The minimum atomic E-state index is -4.64. The molecule has 4 fully saturated rings.